The predicted molar refractivity (Wildman–Crippen MR) is 99.2 cm³/mol. The van der Waals surface area contributed by atoms with Crippen LogP contribution in [0.4, 0.5) is 18.0 Å². The number of amides is 1. The maximum atomic E-state index is 12.3. The molecular formula is C16H14ClF3N2O2S2. The van der Waals surface area contributed by atoms with Gasteiger partial charge in [0.2, 0.25) is 0 Å². The van der Waals surface area contributed by atoms with Crippen LogP contribution in [0.1, 0.15) is 15.3 Å². The van der Waals surface area contributed by atoms with Crippen molar-refractivity contribution in [1.82, 2.24) is 5.43 Å². The van der Waals surface area contributed by atoms with Gasteiger partial charge in [-0.1, -0.05) is 23.7 Å². The number of hydrogen-bond acceptors (Lipinski definition) is 5. The molecule has 0 saturated heterocycles. The number of alkyl halides is 3. The number of hydrazone groups is 1. The summed E-state index contributed by atoms with van der Waals surface area (Å²) in [6.45, 7) is 0. The van der Waals surface area contributed by atoms with E-state index in [0.29, 0.717) is 21.2 Å². The van der Waals surface area contributed by atoms with E-state index in [9.17, 15) is 18.0 Å². The van der Waals surface area contributed by atoms with Crippen LogP contribution < -0.4 is 5.43 Å². The number of thiophene rings is 1. The second kappa shape index (κ2) is 9.29. The fraction of sp³-hybridized carbons (Fsp3) is 0.250. The van der Waals surface area contributed by atoms with Gasteiger partial charge in [0.05, 0.1) is 17.7 Å². The Morgan fingerprint density at radius 1 is 1.27 bits per heavy atom. The van der Waals surface area contributed by atoms with Gasteiger partial charge in [-0.25, -0.2) is 10.2 Å². The lowest BCUT2D eigenvalue weighted by Gasteiger charge is -2.06. The molecule has 0 bridgehead atoms. The number of halogens is 4. The number of benzene rings is 1. The summed E-state index contributed by atoms with van der Waals surface area (Å²) in [5.74, 6) is -0.662. The van der Waals surface area contributed by atoms with Gasteiger partial charge in [0.15, 0.2) is 0 Å². The SMILES string of the molecule is COC(=O)NN=C(c1ccc(Cl)cc1)c1ccc(CSCC(F)(F)F)s1. The first kappa shape index (κ1) is 20.6. The number of nitrogens with one attached hydrogen (secondary N) is 1. The number of methoxy groups -OCH3 is 1. The van der Waals surface area contributed by atoms with Crippen molar-refractivity contribution >= 4 is 46.5 Å². The highest BCUT2D eigenvalue weighted by atomic mass is 35.5. The van der Waals surface area contributed by atoms with Gasteiger partial charge in [0.1, 0.15) is 5.71 Å². The molecule has 0 aliphatic heterocycles. The molecule has 2 aromatic rings. The maximum absolute atomic E-state index is 12.3. The summed E-state index contributed by atoms with van der Waals surface area (Å²) in [6.07, 6.45) is -4.92. The quantitative estimate of drug-likeness (QED) is 0.507. The van der Waals surface area contributed by atoms with Crippen molar-refractivity contribution in [3.63, 3.8) is 0 Å². The van der Waals surface area contributed by atoms with Crippen LogP contribution >= 0.6 is 34.7 Å². The molecule has 0 spiro atoms. The van der Waals surface area contributed by atoms with Crippen LogP contribution in [0.15, 0.2) is 41.5 Å². The summed E-state index contributed by atoms with van der Waals surface area (Å²) in [5, 5.41) is 4.62. The summed E-state index contributed by atoms with van der Waals surface area (Å²) in [4.78, 5) is 12.8. The summed E-state index contributed by atoms with van der Waals surface area (Å²) in [6, 6.07) is 10.3. The van der Waals surface area contributed by atoms with E-state index in [2.05, 4.69) is 15.3 Å². The lowest BCUT2D eigenvalue weighted by Crippen LogP contribution is -2.19. The second-order valence-corrected chi connectivity index (χ2v) is 7.53. The standard InChI is InChI=1S/C16H14ClF3N2O2S2/c1-24-15(23)22-21-14(10-2-4-11(17)5-3-10)13-7-6-12(26-13)8-25-9-16(18,19)20/h2-7H,8-9H2,1H3,(H,22,23). The van der Waals surface area contributed by atoms with Gasteiger partial charge >= 0.3 is 12.3 Å². The van der Waals surface area contributed by atoms with Crippen molar-refractivity contribution in [1.29, 1.82) is 0 Å². The Kier molecular flexibility index (Phi) is 7.36. The van der Waals surface area contributed by atoms with Crippen molar-refractivity contribution < 1.29 is 22.7 Å². The van der Waals surface area contributed by atoms with Crippen molar-refractivity contribution in [2.45, 2.75) is 11.9 Å². The fourth-order valence-electron chi connectivity index (χ4n) is 1.87. The molecule has 4 nitrogen and oxygen atoms in total. The van der Waals surface area contributed by atoms with E-state index in [1.807, 2.05) is 0 Å². The summed E-state index contributed by atoms with van der Waals surface area (Å²) in [7, 11) is 1.22. The number of thioether (sulfide) groups is 1. The largest absolute Gasteiger partial charge is 0.452 e. The van der Waals surface area contributed by atoms with Crippen LogP contribution in [0.5, 0.6) is 0 Å². The Bertz CT molecular complexity index is 777. The molecule has 2 rings (SSSR count). The zero-order chi connectivity index (χ0) is 19.2. The van der Waals surface area contributed by atoms with E-state index in [0.717, 1.165) is 16.6 Å². The fourth-order valence-corrected chi connectivity index (χ4v) is 3.92. The van der Waals surface area contributed by atoms with Gasteiger partial charge in [0.25, 0.3) is 0 Å². The topological polar surface area (TPSA) is 50.7 Å². The van der Waals surface area contributed by atoms with Gasteiger partial charge in [-0.2, -0.15) is 18.3 Å². The lowest BCUT2D eigenvalue weighted by atomic mass is 10.1. The van der Waals surface area contributed by atoms with Crippen molar-refractivity contribution in [2.24, 2.45) is 5.10 Å². The molecule has 0 aliphatic rings. The first-order valence-corrected chi connectivity index (χ1v) is 9.54. The molecule has 0 saturated carbocycles. The number of rotatable bonds is 6. The maximum Gasteiger partial charge on any atom is 0.427 e. The molecule has 1 N–H and O–H groups in total. The van der Waals surface area contributed by atoms with Crippen LogP contribution in [-0.4, -0.2) is 30.8 Å². The van der Waals surface area contributed by atoms with E-state index in [1.54, 1.807) is 36.4 Å². The highest BCUT2D eigenvalue weighted by Crippen LogP contribution is 2.28. The molecule has 0 unspecified atom stereocenters. The molecule has 1 aromatic heterocycles. The Hall–Kier alpha value is -1.71. The first-order chi connectivity index (χ1) is 12.3. The van der Waals surface area contributed by atoms with Crippen molar-refractivity contribution in [2.75, 3.05) is 12.9 Å². The van der Waals surface area contributed by atoms with E-state index in [1.165, 1.54) is 18.4 Å². The van der Waals surface area contributed by atoms with E-state index in [-0.39, 0.29) is 5.75 Å². The summed E-state index contributed by atoms with van der Waals surface area (Å²) >= 11 is 7.99. The van der Waals surface area contributed by atoms with E-state index < -0.39 is 18.0 Å². The van der Waals surface area contributed by atoms with E-state index >= 15 is 0 Å². The van der Waals surface area contributed by atoms with Gasteiger partial charge in [0, 0.05) is 21.2 Å². The Balaban J connectivity index is 2.20. The van der Waals surface area contributed by atoms with Crippen LogP contribution in [0.2, 0.25) is 5.02 Å². The zero-order valence-corrected chi connectivity index (χ0v) is 15.9. The van der Waals surface area contributed by atoms with Crippen LogP contribution in [0.25, 0.3) is 0 Å². The molecule has 1 aromatic carbocycles. The molecule has 26 heavy (non-hydrogen) atoms. The van der Waals surface area contributed by atoms with E-state index in [4.69, 9.17) is 11.6 Å². The highest BCUT2D eigenvalue weighted by Gasteiger charge is 2.26. The average molecular weight is 423 g/mol. The molecular weight excluding hydrogens is 409 g/mol. The molecule has 0 fully saturated rings. The third-order valence-corrected chi connectivity index (χ3v) is 5.54. The van der Waals surface area contributed by atoms with Crippen molar-refractivity contribution in [3.05, 3.63) is 56.7 Å². The minimum absolute atomic E-state index is 0.239. The van der Waals surface area contributed by atoms with Crippen LogP contribution in [0.3, 0.4) is 0 Å². The molecule has 0 radical (unpaired) electrons. The molecule has 1 amide bonds. The third-order valence-electron chi connectivity index (χ3n) is 2.97. The Labute approximate surface area is 161 Å². The molecule has 140 valence electrons. The monoisotopic (exact) mass is 422 g/mol. The summed E-state index contributed by atoms with van der Waals surface area (Å²) in [5.41, 5.74) is 3.42. The van der Waals surface area contributed by atoms with Gasteiger partial charge in [-0.15, -0.1) is 23.1 Å². The van der Waals surface area contributed by atoms with Gasteiger partial charge < -0.3 is 4.74 Å². The van der Waals surface area contributed by atoms with Gasteiger partial charge in [-0.3, -0.25) is 0 Å². The van der Waals surface area contributed by atoms with Crippen LogP contribution in [-0.2, 0) is 10.5 Å². The molecule has 0 atom stereocenters. The number of carbonyl (C=O) groups excluding carboxylic acids is 1. The smallest absolute Gasteiger partial charge is 0.427 e. The van der Waals surface area contributed by atoms with Gasteiger partial charge in [-0.05, 0) is 24.3 Å². The van der Waals surface area contributed by atoms with Crippen LogP contribution in [0, 0.1) is 0 Å². The third kappa shape index (κ3) is 6.54. The number of hydrogen-bond donors (Lipinski definition) is 1. The second-order valence-electron chi connectivity index (χ2n) is 4.94. The molecule has 0 aliphatic carbocycles. The zero-order valence-electron chi connectivity index (χ0n) is 13.5. The Morgan fingerprint density at radius 3 is 2.58 bits per heavy atom. The number of nitrogens with zero attached hydrogens (tertiary/aromatic N) is 1. The predicted octanol–water partition coefficient (Wildman–Crippen LogP) is 5.31. The van der Waals surface area contributed by atoms with Crippen molar-refractivity contribution in [3.8, 4) is 0 Å². The average Bonchev–Trinajstić information content (AvgIpc) is 3.03. The normalized spacial score (nSPS) is 12.1. The minimum Gasteiger partial charge on any atom is -0.452 e. The lowest BCUT2D eigenvalue weighted by molar-refractivity contribution is -0.105. The highest BCUT2D eigenvalue weighted by molar-refractivity contribution is 7.98. The summed E-state index contributed by atoms with van der Waals surface area (Å²) < 4.78 is 41.3. The first-order valence-electron chi connectivity index (χ1n) is 7.19. The number of carbonyl (C=O) groups is 1. The molecule has 1 heterocycles. The minimum atomic E-state index is -4.19. The molecule has 10 heteroatoms. The number of ether oxygens (including phenoxy) is 1. The Morgan fingerprint density at radius 2 is 1.96 bits per heavy atom.